The van der Waals surface area contributed by atoms with Crippen LogP contribution in [0.3, 0.4) is 0 Å². The Labute approximate surface area is 192 Å². The van der Waals surface area contributed by atoms with Gasteiger partial charge in [-0.05, 0) is 23.6 Å². The number of carbonyl (C=O) groups excluding carboxylic acids is 1. The number of ether oxygens (including phenoxy) is 1. The summed E-state index contributed by atoms with van der Waals surface area (Å²) < 4.78 is 48.9. The number of nitrogen functional groups attached to an aromatic ring is 1. The number of carbonyl (C=O) groups is 1. The molecule has 2 aromatic heterocycles. The van der Waals surface area contributed by atoms with Crippen LogP contribution in [-0.4, -0.2) is 44.8 Å². The molecule has 0 bridgehead atoms. The number of amides is 1. The minimum atomic E-state index is -2.60. The van der Waals surface area contributed by atoms with E-state index in [0.717, 1.165) is 11.1 Å². The number of hydrogen-bond donors (Lipinski definition) is 1. The first kappa shape index (κ1) is 20.8. The molecule has 1 atom stereocenters. The fraction of sp³-hybridized carbons (Fsp3) is 0.292. The Morgan fingerprint density at radius 3 is 2.79 bits per heavy atom. The number of likely N-dealkylation sites (N-methyl/N-ethyl adjacent to an activating group) is 1. The maximum Gasteiger partial charge on any atom is 0.257 e. The predicted octanol–water partition coefficient (Wildman–Crippen LogP) is 4.32. The summed E-state index contributed by atoms with van der Waals surface area (Å²) in [6, 6.07) is 7.58. The maximum absolute atomic E-state index is 15.0. The highest BCUT2D eigenvalue weighted by atomic mass is 19.3. The molecule has 1 fully saturated rings. The Morgan fingerprint density at radius 1 is 1.24 bits per heavy atom. The van der Waals surface area contributed by atoms with Crippen molar-refractivity contribution >= 4 is 28.3 Å². The second kappa shape index (κ2) is 7.09. The van der Waals surface area contributed by atoms with Gasteiger partial charge in [0.2, 0.25) is 5.92 Å². The molecule has 34 heavy (non-hydrogen) atoms. The van der Waals surface area contributed by atoms with Crippen LogP contribution in [0.1, 0.15) is 46.3 Å². The van der Waals surface area contributed by atoms with E-state index in [0.29, 0.717) is 22.3 Å². The van der Waals surface area contributed by atoms with E-state index in [2.05, 4.69) is 9.97 Å². The van der Waals surface area contributed by atoms with Crippen molar-refractivity contribution < 1.29 is 22.7 Å². The number of alkyl halides is 2. The van der Waals surface area contributed by atoms with Crippen molar-refractivity contribution in [1.29, 1.82) is 0 Å². The lowest BCUT2D eigenvalue weighted by atomic mass is 9.76. The number of nitrogens with two attached hydrogens (primary N) is 1. The molecule has 0 saturated heterocycles. The zero-order chi connectivity index (χ0) is 23.8. The molecule has 2 aromatic carbocycles. The summed E-state index contributed by atoms with van der Waals surface area (Å²) in [6.45, 7) is 0.195. The Morgan fingerprint density at radius 2 is 2.03 bits per heavy atom. The first-order valence-corrected chi connectivity index (χ1v) is 10.8. The van der Waals surface area contributed by atoms with Crippen LogP contribution in [-0.2, 0) is 0 Å². The summed E-state index contributed by atoms with van der Waals surface area (Å²) in [4.78, 5) is 23.0. The number of aromatic nitrogens is 3. The minimum absolute atomic E-state index is 0.113. The quantitative estimate of drug-likeness (QED) is 0.485. The Kier molecular flexibility index (Phi) is 4.33. The topological polar surface area (TPSA) is 85.8 Å². The van der Waals surface area contributed by atoms with E-state index in [1.165, 1.54) is 23.4 Å². The van der Waals surface area contributed by atoms with Gasteiger partial charge in [-0.15, -0.1) is 0 Å². The second-order valence-electron chi connectivity index (χ2n) is 8.97. The SMILES string of the molecule is CN(C(=O)c1cc2c(cc1F)nc(N)c1cncn12)[C@@H]1COc2cc(C3CC(F)(F)C3)ccc21. The Balaban J connectivity index is 1.31. The van der Waals surface area contributed by atoms with Crippen LogP contribution in [0.15, 0.2) is 42.9 Å². The molecular formula is C24H20F3N5O2. The lowest BCUT2D eigenvalue weighted by molar-refractivity contribution is -0.0867. The molecule has 174 valence electrons. The smallest absolute Gasteiger partial charge is 0.257 e. The first-order chi connectivity index (χ1) is 16.2. The van der Waals surface area contributed by atoms with Gasteiger partial charge in [0.1, 0.15) is 29.5 Å². The summed E-state index contributed by atoms with van der Waals surface area (Å²) in [6.07, 6.45) is 2.74. The number of imidazole rings is 1. The van der Waals surface area contributed by atoms with Crippen molar-refractivity contribution in [2.75, 3.05) is 19.4 Å². The zero-order valence-corrected chi connectivity index (χ0v) is 18.1. The first-order valence-electron chi connectivity index (χ1n) is 10.8. The number of benzene rings is 2. The minimum Gasteiger partial charge on any atom is -0.491 e. The summed E-state index contributed by atoms with van der Waals surface area (Å²) in [5, 5.41) is 0. The van der Waals surface area contributed by atoms with Gasteiger partial charge >= 0.3 is 0 Å². The second-order valence-corrected chi connectivity index (χ2v) is 8.97. The maximum atomic E-state index is 15.0. The lowest BCUT2D eigenvalue weighted by Crippen LogP contribution is -2.33. The molecule has 2 aliphatic rings. The molecule has 1 aliphatic carbocycles. The Bertz CT molecular complexity index is 1480. The lowest BCUT2D eigenvalue weighted by Gasteiger charge is -2.35. The number of fused-ring (bicyclic) bond motifs is 4. The van der Waals surface area contributed by atoms with Crippen molar-refractivity contribution in [2.24, 2.45) is 0 Å². The fourth-order valence-electron chi connectivity index (χ4n) is 4.87. The number of nitrogens with zero attached hydrogens (tertiary/aromatic N) is 4. The highest BCUT2D eigenvalue weighted by Crippen LogP contribution is 2.49. The summed E-state index contributed by atoms with van der Waals surface area (Å²) in [7, 11) is 1.59. The average Bonchev–Trinajstić information content (AvgIpc) is 3.43. The summed E-state index contributed by atoms with van der Waals surface area (Å²) >= 11 is 0. The number of halogens is 3. The van der Waals surface area contributed by atoms with Gasteiger partial charge in [-0.25, -0.2) is 23.1 Å². The summed E-state index contributed by atoms with van der Waals surface area (Å²) in [5.74, 6) is -3.25. The predicted molar refractivity (Wildman–Crippen MR) is 119 cm³/mol. The molecule has 0 spiro atoms. The third kappa shape index (κ3) is 3.08. The van der Waals surface area contributed by atoms with Crippen LogP contribution in [0, 0.1) is 5.82 Å². The molecule has 0 unspecified atom stereocenters. The molecule has 4 aromatic rings. The van der Waals surface area contributed by atoms with Gasteiger partial charge in [-0.2, -0.15) is 0 Å². The molecule has 1 aliphatic heterocycles. The zero-order valence-electron chi connectivity index (χ0n) is 18.1. The van der Waals surface area contributed by atoms with Gasteiger partial charge < -0.3 is 15.4 Å². The van der Waals surface area contributed by atoms with Crippen molar-refractivity contribution in [3.63, 3.8) is 0 Å². The average molecular weight is 467 g/mol. The molecule has 0 radical (unpaired) electrons. The van der Waals surface area contributed by atoms with E-state index < -0.39 is 23.7 Å². The molecule has 6 rings (SSSR count). The van der Waals surface area contributed by atoms with Gasteiger partial charge in [-0.3, -0.25) is 9.20 Å². The molecule has 1 saturated carbocycles. The fourth-order valence-corrected chi connectivity index (χ4v) is 4.87. The van der Waals surface area contributed by atoms with Crippen molar-refractivity contribution in [3.05, 3.63) is 65.4 Å². The van der Waals surface area contributed by atoms with E-state index in [4.69, 9.17) is 10.5 Å². The van der Waals surface area contributed by atoms with E-state index in [1.54, 1.807) is 35.8 Å². The van der Waals surface area contributed by atoms with Crippen LogP contribution in [0.5, 0.6) is 5.75 Å². The third-order valence-corrected chi connectivity index (χ3v) is 6.84. The van der Waals surface area contributed by atoms with Crippen LogP contribution < -0.4 is 10.5 Å². The summed E-state index contributed by atoms with van der Waals surface area (Å²) in [5.41, 5.74) is 8.75. The standard InChI is InChI=1S/C24H20F3N5O2/c1-31(20-10-34-21-4-12(2-3-14(20)21)13-7-24(26,27)8-13)23(33)15-5-18-17(6-16(15)25)30-22(28)19-9-29-11-32(18)19/h2-6,9,11,13,20H,7-8,10H2,1H3,(H2,28,30)/t20-/m1/s1. The number of hydrogen-bond acceptors (Lipinski definition) is 5. The van der Waals surface area contributed by atoms with Crippen molar-refractivity contribution in [3.8, 4) is 5.75 Å². The highest BCUT2D eigenvalue weighted by Gasteiger charge is 2.46. The van der Waals surface area contributed by atoms with Gasteiger partial charge in [0.05, 0.1) is 35.2 Å². The highest BCUT2D eigenvalue weighted by molar-refractivity contribution is 5.98. The monoisotopic (exact) mass is 467 g/mol. The normalized spacial score (nSPS) is 19.1. The molecule has 10 heteroatoms. The van der Waals surface area contributed by atoms with Crippen molar-refractivity contribution in [1.82, 2.24) is 19.3 Å². The Hall–Kier alpha value is -3.82. The van der Waals surface area contributed by atoms with E-state index >= 15 is 0 Å². The number of rotatable bonds is 3. The van der Waals surface area contributed by atoms with E-state index in [9.17, 15) is 18.0 Å². The molecule has 2 N–H and O–H groups in total. The van der Waals surface area contributed by atoms with Crippen LogP contribution in [0.4, 0.5) is 19.0 Å². The van der Waals surface area contributed by atoms with E-state index in [-0.39, 0.29) is 36.7 Å². The van der Waals surface area contributed by atoms with Crippen molar-refractivity contribution in [2.45, 2.75) is 30.7 Å². The number of anilines is 1. The van der Waals surface area contributed by atoms with Gasteiger partial charge in [-0.1, -0.05) is 12.1 Å². The van der Waals surface area contributed by atoms with Crippen LogP contribution in [0.25, 0.3) is 16.6 Å². The van der Waals surface area contributed by atoms with Gasteiger partial charge in [0.25, 0.3) is 5.91 Å². The van der Waals surface area contributed by atoms with Crippen LogP contribution in [0.2, 0.25) is 0 Å². The molecule has 7 nitrogen and oxygen atoms in total. The molecule has 3 heterocycles. The third-order valence-electron chi connectivity index (χ3n) is 6.84. The van der Waals surface area contributed by atoms with E-state index in [1.807, 2.05) is 0 Å². The molecule has 1 amide bonds. The van der Waals surface area contributed by atoms with Gasteiger partial charge in [0, 0.05) is 31.5 Å². The van der Waals surface area contributed by atoms with Crippen LogP contribution >= 0.6 is 0 Å². The molecular weight excluding hydrogens is 447 g/mol. The largest absolute Gasteiger partial charge is 0.491 e. The van der Waals surface area contributed by atoms with Gasteiger partial charge in [0.15, 0.2) is 0 Å².